The van der Waals surface area contributed by atoms with E-state index < -0.39 is 11.8 Å². The van der Waals surface area contributed by atoms with Crippen LogP contribution in [-0.4, -0.2) is 23.9 Å². The second-order valence-corrected chi connectivity index (χ2v) is 32.7. The zero-order chi connectivity index (χ0) is 76.4. The topological polar surface area (TPSA) is 124 Å². The fourth-order valence-corrected chi connectivity index (χ4v) is 16.3. The fourth-order valence-electron chi connectivity index (χ4n) is 16.3. The highest BCUT2D eigenvalue weighted by Crippen LogP contribution is 2.59. The Labute approximate surface area is 659 Å². The minimum absolute atomic E-state index is 0.273. The molecule has 0 saturated carbocycles. The van der Waals surface area contributed by atoms with Crippen LogP contribution in [0.3, 0.4) is 0 Å². The summed E-state index contributed by atoms with van der Waals surface area (Å²) in [5.74, 6) is 1.77. The van der Waals surface area contributed by atoms with Gasteiger partial charge in [-0.3, -0.25) is 19.2 Å². The van der Waals surface area contributed by atoms with Gasteiger partial charge in [-0.25, -0.2) is 0 Å². The molecule has 606 valence electrons. The highest BCUT2D eigenvalue weighted by atomic mass is 16.6. The molecule has 0 atom stereocenters. The highest BCUT2D eigenvalue weighted by Gasteiger charge is 2.41. The molecule has 0 bridgehead atoms. The number of carbonyl (C=O) groups is 4. The third kappa shape index (κ3) is 39.5. The summed E-state index contributed by atoms with van der Waals surface area (Å²) >= 11 is 0. The molecule has 0 fully saturated rings. The number of hydrogen-bond donors (Lipinski definition) is 0. The van der Waals surface area contributed by atoms with Crippen LogP contribution < -0.4 is 28.4 Å². The summed E-state index contributed by atoms with van der Waals surface area (Å²) in [4.78, 5) is 54.4. The number of ether oxygens (including phenoxy) is 6. The maximum absolute atomic E-state index is 13.6. The second kappa shape index (κ2) is 60.1. The number of benzene rings is 4. The van der Waals surface area contributed by atoms with Gasteiger partial charge < -0.3 is 28.4 Å². The molecule has 4 aromatic rings. The van der Waals surface area contributed by atoms with E-state index in [-0.39, 0.29) is 23.9 Å². The molecule has 0 unspecified atom stereocenters. The number of carbonyl (C=O) groups excluding carboxylic acids is 4. The first kappa shape index (κ1) is 91.2. The van der Waals surface area contributed by atoms with Crippen molar-refractivity contribution >= 4 is 23.9 Å². The normalized spacial score (nSPS) is 12.4. The van der Waals surface area contributed by atoms with Gasteiger partial charge in [0.25, 0.3) is 0 Å². The summed E-state index contributed by atoms with van der Waals surface area (Å²) in [6.45, 7) is 9.11. The van der Waals surface area contributed by atoms with Crippen molar-refractivity contribution in [3.8, 4) is 46.0 Å². The molecule has 0 N–H and O–H groups in total. The van der Waals surface area contributed by atoms with Crippen molar-refractivity contribution in [2.45, 2.75) is 450 Å². The Morgan fingerprint density at radius 2 is 0.352 bits per heavy atom. The van der Waals surface area contributed by atoms with Crippen molar-refractivity contribution in [1.82, 2.24) is 0 Å². The van der Waals surface area contributed by atoms with E-state index >= 15 is 0 Å². The lowest BCUT2D eigenvalue weighted by Crippen LogP contribution is -2.22. The van der Waals surface area contributed by atoms with Gasteiger partial charge in [0.05, 0.1) is 0 Å². The summed E-state index contributed by atoms with van der Waals surface area (Å²) < 4.78 is 38.2. The molecule has 10 heteroatoms. The largest absolute Gasteiger partial charge is 0.456 e. The van der Waals surface area contributed by atoms with Crippen LogP contribution in [0, 0.1) is 0 Å². The molecule has 108 heavy (non-hydrogen) atoms. The van der Waals surface area contributed by atoms with Gasteiger partial charge in [0.15, 0.2) is 0 Å². The van der Waals surface area contributed by atoms with Crippen LogP contribution in [-0.2, 0) is 19.2 Å². The van der Waals surface area contributed by atoms with E-state index in [0.29, 0.717) is 71.7 Å². The van der Waals surface area contributed by atoms with Crippen LogP contribution in [0.2, 0.25) is 0 Å². The van der Waals surface area contributed by atoms with E-state index in [4.69, 9.17) is 28.4 Å². The molecular formula is C98H154O10. The maximum Gasteiger partial charge on any atom is 0.311 e. The second-order valence-electron chi connectivity index (χ2n) is 32.7. The van der Waals surface area contributed by atoms with E-state index in [2.05, 4.69) is 27.7 Å². The van der Waals surface area contributed by atoms with Crippen molar-refractivity contribution in [1.29, 1.82) is 0 Å². The summed E-state index contributed by atoms with van der Waals surface area (Å²) in [7, 11) is 0. The average molecular weight is 1490 g/mol. The lowest BCUT2D eigenvalue weighted by atomic mass is 9.71. The van der Waals surface area contributed by atoms with Crippen molar-refractivity contribution < 1.29 is 47.6 Å². The lowest BCUT2D eigenvalue weighted by Gasteiger charge is -2.38. The van der Waals surface area contributed by atoms with E-state index in [1.54, 1.807) is 0 Å². The van der Waals surface area contributed by atoms with Gasteiger partial charge in [-0.05, 0) is 49.9 Å². The number of unbranched alkanes of at least 4 members (excludes halogenated alkanes) is 56. The van der Waals surface area contributed by atoms with Crippen molar-refractivity contribution in [2.24, 2.45) is 0 Å². The van der Waals surface area contributed by atoms with Crippen LogP contribution in [0.25, 0.3) is 0 Å². The predicted molar refractivity (Wildman–Crippen MR) is 450 cm³/mol. The summed E-state index contributed by atoms with van der Waals surface area (Å²) in [6, 6.07) is 22.7. The molecule has 0 spiro atoms. The number of esters is 4. The average Bonchev–Trinajstić information content (AvgIpc) is 0.727. The zero-order valence-electron chi connectivity index (χ0n) is 69.4. The van der Waals surface area contributed by atoms with E-state index in [9.17, 15) is 19.2 Å². The third-order valence-corrected chi connectivity index (χ3v) is 22.9. The lowest BCUT2D eigenvalue weighted by molar-refractivity contribution is -0.135. The van der Waals surface area contributed by atoms with Gasteiger partial charge in [-0.1, -0.05) is 412 Å². The van der Waals surface area contributed by atoms with Gasteiger partial charge in [0, 0.05) is 84.0 Å². The van der Waals surface area contributed by atoms with E-state index in [1.165, 1.54) is 308 Å². The number of fused-ring (bicyclic) bond motifs is 4. The first-order valence-corrected chi connectivity index (χ1v) is 45.9. The molecule has 0 amide bonds. The predicted octanol–water partition coefficient (Wildman–Crippen LogP) is 31.5. The van der Waals surface area contributed by atoms with E-state index in [1.807, 2.05) is 72.8 Å². The quantitative estimate of drug-likeness (QED) is 0.0240. The third-order valence-electron chi connectivity index (χ3n) is 22.9. The maximum atomic E-state index is 13.6. The minimum Gasteiger partial charge on any atom is -0.456 e. The smallest absolute Gasteiger partial charge is 0.311 e. The van der Waals surface area contributed by atoms with Crippen LogP contribution in [0.1, 0.15) is 473 Å². The Morgan fingerprint density at radius 1 is 0.213 bits per heavy atom. The Hall–Kier alpha value is -5.64. The molecule has 2 heterocycles. The molecule has 2 aliphatic heterocycles. The molecule has 4 aromatic carbocycles. The molecule has 2 aliphatic rings. The highest BCUT2D eigenvalue weighted by molar-refractivity contribution is 5.76. The zero-order valence-corrected chi connectivity index (χ0v) is 69.4. The number of rotatable bonds is 69. The molecule has 10 nitrogen and oxygen atoms in total. The van der Waals surface area contributed by atoms with Crippen molar-refractivity contribution in [2.75, 3.05) is 0 Å². The summed E-state index contributed by atoms with van der Waals surface area (Å²) in [5, 5.41) is 0. The molecule has 0 aliphatic carbocycles. The Kier molecular flexibility index (Phi) is 50.8. The molecular weight excluding hydrogens is 1340 g/mol. The minimum atomic E-state index is -0.405. The number of hydrogen-bond acceptors (Lipinski definition) is 10. The van der Waals surface area contributed by atoms with Crippen LogP contribution >= 0.6 is 0 Å². The Morgan fingerprint density at radius 3 is 0.500 bits per heavy atom. The Balaban J connectivity index is 1.13. The van der Waals surface area contributed by atoms with Gasteiger partial charge in [0.2, 0.25) is 0 Å². The first-order valence-electron chi connectivity index (χ1n) is 45.9. The molecule has 0 aromatic heterocycles. The molecule has 0 saturated heterocycles. The van der Waals surface area contributed by atoms with Gasteiger partial charge in [-0.2, -0.15) is 0 Å². The van der Waals surface area contributed by atoms with Crippen molar-refractivity contribution in [3.63, 3.8) is 0 Å². The Bertz CT molecular complexity index is 2610. The van der Waals surface area contributed by atoms with Gasteiger partial charge >= 0.3 is 23.9 Å². The molecule has 0 radical (unpaired) electrons. The van der Waals surface area contributed by atoms with Crippen molar-refractivity contribution in [3.05, 3.63) is 95.1 Å². The standard InChI is InChI=1S/C98H154O10/c1-5-9-13-17-21-25-29-33-37-41-45-49-53-57-61-65-93(99)103-81-69-73-85-89(77-81)107-90-78-82(104-94(100)66-62-58-54-50-46-42-38-34-30-26-22-18-14-10-6-2)70-74-86(90)97(85)98-87-75-71-83(105-95(101)67-63-59-55-51-47-43-39-35-31-27-23-19-15-11-7-3)79-91(87)108-92-80-84(72-76-88(92)98)106-96(102)68-64-60-56-52-48-44-40-36-32-28-24-20-16-12-8-4/h69-80,97-98H,5-68H2,1-4H3. The van der Waals surface area contributed by atoms with Crippen LogP contribution in [0.15, 0.2) is 72.8 Å². The fraction of sp³-hybridized carbons (Fsp3) is 0.714. The summed E-state index contributed by atoms with van der Waals surface area (Å²) in [6.07, 6.45) is 76.7. The van der Waals surface area contributed by atoms with Crippen LogP contribution in [0.4, 0.5) is 0 Å². The molecule has 6 rings (SSSR count). The van der Waals surface area contributed by atoms with Gasteiger partial charge in [0.1, 0.15) is 46.0 Å². The SMILES string of the molecule is CCCCCCCCCCCCCCCCCC(=O)Oc1ccc2c(c1)Oc1cc(OC(=O)CCCCCCCCCCCCCCCCC)ccc1C2C1c2ccc(OC(=O)CCCCCCCCCCCCCCCCC)cc2Oc2cc(OC(=O)CCCCCCCCCCCCCCCCC)ccc21. The summed E-state index contributed by atoms with van der Waals surface area (Å²) in [5.41, 5.74) is 3.46. The van der Waals surface area contributed by atoms with Gasteiger partial charge in [-0.15, -0.1) is 0 Å². The monoisotopic (exact) mass is 1490 g/mol. The van der Waals surface area contributed by atoms with E-state index in [0.717, 1.165) is 99.3 Å². The van der Waals surface area contributed by atoms with Crippen LogP contribution in [0.5, 0.6) is 46.0 Å². The first-order chi connectivity index (χ1) is 53.2.